The van der Waals surface area contributed by atoms with Crippen molar-refractivity contribution in [2.75, 3.05) is 19.8 Å². The Morgan fingerprint density at radius 2 is 2.22 bits per heavy atom. The second-order valence-corrected chi connectivity index (χ2v) is 7.71. The Morgan fingerprint density at radius 1 is 1.37 bits per heavy atom. The fourth-order valence-corrected chi connectivity index (χ4v) is 4.54. The Morgan fingerprint density at radius 3 is 2.96 bits per heavy atom. The predicted octanol–water partition coefficient (Wildman–Crippen LogP) is 0.839. The molecule has 0 aromatic carbocycles. The van der Waals surface area contributed by atoms with Crippen LogP contribution in [0.2, 0.25) is 0 Å². The number of fused-ring (bicyclic) bond motifs is 3. The molecule has 142 valence electrons. The molecule has 3 heterocycles. The van der Waals surface area contributed by atoms with E-state index in [9.17, 15) is 9.90 Å². The lowest BCUT2D eigenvalue weighted by molar-refractivity contribution is 0.0418. The summed E-state index contributed by atoms with van der Waals surface area (Å²) in [6.45, 7) is 1.28. The van der Waals surface area contributed by atoms with Crippen LogP contribution < -0.4 is 5.32 Å². The van der Waals surface area contributed by atoms with Crippen molar-refractivity contribution >= 4 is 5.91 Å². The highest BCUT2D eigenvalue weighted by atomic mass is 16.5. The van der Waals surface area contributed by atoms with E-state index in [0.29, 0.717) is 36.6 Å². The van der Waals surface area contributed by atoms with Crippen LogP contribution >= 0.6 is 0 Å². The van der Waals surface area contributed by atoms with Gasteiger partial charge in [0.2, 0.25) is 0 Å². The van der Waals surface area contributed by atoms with Crippen LogP contribution in [0.25, 0.3) is 5.82 Å². The minimum Gasteiger partial charge on any atom is -0.394 e. The molecule has 8 heteroatoms. The van der Waals surface area contributed by atoms with Crippen molar-refractivity contribution in [2.24, 2.45) is 11.8 Å². The number of rotatable bonds is 5. The minimum absolute atomic E-state index is 0.0747. The molecule has 1 aliphatic heterocycles. The van der Waals surface area contributed by atoms with Gasteiger partial charge in [0, 0.05) is 37.1 Å². The number of aliphatic hydroxyl groups is 1. The van der Waals surface area contributed by atoms with E-state index < -0.39 is 0 Å². The molecule has 5 rings (SSSR count). The number of hydrogen-bond acceptors (Lipinski definition) is 6. The Kier molecular flexibility index (Phi) is 4.17. The van der Waals surface area contributed by atoms with E-state index >= 15 is 0 Å². The fraction of sp³-hybridized carbons (Fsp3) is 0.579. The molecule has 2 fully saturated rings. The number of aliphatic hydroxyl groups excluding tert-OH is 1. The predicted molar refractivity (Wildman–Crippen MR) is 95.6 cm³/mol. The van der Waals surface area contributed by atoms with Gasteiger partial charge in [-0.05, 0) is 37.5 Å². The van der Waals surface area contributed by atoms with Gasteiger partial charge in [0.05, 0.1) is 24.5 Å². The summed E-state index contributed by atoms with van der Waals surface area (Å²) >= 11 is 0. The molecule has 0 unspecified atom stereocenters. The number of ether oxygens (including phenoxy) is 1. The van der Waals surface area contributed by atoms with E-state index in [1.54, 1.807) is 23.3 Å². The van der Waals surface area contributed by atoms with Crippen LogP contribution in [0.3, 0.4) is 0 Å². The second kappa shape index (κ2) is 6.69. The Hall–Kier alpha value is -2.32. The summed E-state index contributed by atoms with van der Waals surface area (Å²) in [6.07, 6.45) is 8.67. The SMILES string of the molecule is O=C(N[C@@H](CO)C1CCOCC1)c1nn(-c2cnccn2)c2c1C[C@H]1C[C@@H]21. The van der Waals surface area contributed by atoms with Gasteiger partial charge in [0.15, 0.2) is 11.5 Å². The molecule has 0 spiro atoms. The van der Waals surface area contributed by atoms with Crippen molar-refractivity contribution in [2.45, 2.75) is 37.6 Å². The molecule has 1 amide bonds. The largest absolute Gasteiger partial charge is 0.394 e. The van der Waals surface area contributed by atoms with Crippen molar-refractivity contribution in [3.8, 4) is 5.82 Å². The number of nitrogens with one attached hydrogen (secondary N) is 1. The smallest absolute Gasteiger partial charge is 0.272 e. The van der Waals surface area contributed by atoms with Gasteiger partial charge in [-0.15, -0.1) is 0 Å². The molecule has 1 saturated heterocycles. The second-order valence-electron chi connectivity index (χ2n) is 7.71. The van der Waals surface area contributed by atoms with Gasteiger partial charge in [0.25, 0.3) is 5.91 Å². The van der Waals surface area contributed by atoms with Gasteiger partial charge in [0.1, 0.15) is 0 Å². The third-order valence-electron chi connectivity index (χ3n) is 6.09. The number of nitrogens with zero attached hydrogens (tertiary/aromatic N) is 4. The van der Waals surface area contributed by atoms with Gasteiger partial charge < -0.3 is 15.2 Å². The zero-order valence-electron chi connectivity index (χ0n) is 15.0. The highest BCUT2D eigenvalue weighted by Crippen LogP contribution is 2.57. The van der Waals surface area contributed by atoms with Crippen molar-refractivity contribution in [3.05, 3.63) is 35.5 Å². The first kappa shape index (κ1) is 16.8. The van der Waals surface area contributed by atoms with E-state index in [4.69, 9.17) is 4.74 Å². The van der Waals surface area contributed by atoms with E-state index in [-0.39, 0.29) is 24.5 Å². The summed E-state index contributed by atoms with van der Waals surface area (Å²) in [5.74, 6) is 1.76. The number of aromatic nitrogens is 4. The van der Waals surface area contributed by atoms with Gasteiger partial charge in [-0.3, -0.25) is 9.78 Å². The van der Waals surface area contributed by atoms with Crippen LogP contribution in [0.1, 0.15) is 46.9 Å². The lowest BCUT2D eigenvalue weighted by atomic mass is 9.92. The molecule has 0 bridgehead atoms. The molecule has 1 saturated carbocycles. The molecular formula is C19H23N5O3. The Bertz CT molecular complexity index is 847. The third kappa shape index (κ3) is 2.93. The Balaban J connectivity index is 1.43. The van der Waals surface area contributed by atoms with Crippen molar-refractivity contribution in [3.63, 3.8) is 0 Å². The molecule has 27 heavy (non-hydrogen) atoms. The van der Waals surface area contributed by atoms with Crippen molar-refractivity contribution in [1.29, 1.82) is 0 Å². The topological polar surface area (TPSA) is 102 Å². The van der Waals surface area contributed by atoms with E-state index in [0.717, 1.165) is 36.9 Å². The van der Waals surface area contributed by atoms with Crippen molar-refractivity contribution in [1.82, 2.24) is 25.1 Å². The molecule has 2 N–H and O–H groups in total. The number of amides is 1. The van der Waals surface area contributed by atoms with Crippen molar-refractivity contribution < 1.29 is 14.6 Å². The van der Waals surface area contributed by atoms with E-state index in [1.165, 1.54) is 0 Å². The first-order valence-electron chi connectivity index (χ1n) is 9.64. The summed E-state index contributed by atoms with van der Waals surface area (Å²) < 4.78 is 7.18. The summed E-state index contributed by atoms with van der Waals surface area (Å²) in [4.78, 5) is 21.5. The number of carbonyl (C=O) groups is 1. The van der Waals surface area contributed by atoms with Crippen LogP contribution in [-0.4, -0.2) is 56.6 Å². The zero-order valence-corrected chi connectivity index (χ0v) is 15.0. The molecule has 2 aliphatic carbocycles. The summed E-state index contributed by atoms with van der Waals surface area (Å²) in [6, 6.07) is -0.269. The minimum atomic E-state index is -0.269. The summed E-state index contributed by atoms with van der Waals surface area (Å²) in [7, 11) is 0. The monoisotopic (exact) mass is 369 g/mol. The molecule has 2 aromatic heterocycles. The lowest BCUT2D eigenvalue weighted by Crippen LogP contribution is -2.45. The van der Waals surface area contributed by atoms with Gasteiger partial charge in [-0.25, -0.2) is 9.67 Å². The molecule has 3 atom stereocenters. The van der Waals surface area contributed by atoms with Crippen LogP contribution in [0.4, 0.5) is 0 Å². The Labute approximate surface area is 157 Å². The van der Waals surface area contributed by atoms with Crippen LogP contribution in [-0.2, 0) is 11.2 Å². The average molecular weight is 369 g/mol. The molecular weight excluding hydrogens is 346 g/mol. The molecule has 8 nitrogen and oxygen atoms in total. The van der Waals surface area contributed by atoms with Gasteiger partial charge in [-0.2, -0.15) is 5.10 Å². The maximum atomic E-state index is 13.0. The summed E-state index contributed by atoms with van der Waals surface area (Å²) in [5, 5.41) is 17.4. The number of carbonyl (C=O) groups excluding carboxylic acids is 1. The first-order chi connectivity index (χ1) is 13.3. The average Bonchev–Trinajstić information content (AvgIpc) is 3.22. The maximum Gasteiger partial charge on any atom is 0.272 e. The van der Waals surface area contributed by atoms with Crippen LogP contribution in [0.15, 0.2) is 18.6 Å². The van der Waals surface area contributed by atoms with Crippen LogP contribution in [0, 0.1) is 11.8 Å². The first-order valence-corrected chi connectivity index (χ1v) is 9.64. The zero-order chi connectivity index (χ0) is 18.4. The van der Waals surface area contributed by atoms with E-state index in [1.807, 2.05) is 0 Å². The molecule has 3 aliphatic rings. The fourth-order valence-electron chi connectivity index (χ4n) is 4.54. The summed E-state index contributed by atoms with van der Waals surface area (Å²) in [5.41, 5.74) is 2.61. The molecule has 0 radical (unpaired) electrons. The maximum absolute atomic E-state index is 13.0. The lowest BCUT2D eigenvalue weighted by Gasteiger charge is -2.29. The third-order valence-corrected chi connectivity index (χ3v) is 6.09. The normalized spacial score (nSPS) is 24.9. The molecule has 2 aromatic rings. The van der Waals surface area contributed by atoms with E-state index in [2.05, 4.69) is 20.4 Å². The van der Waals surface area contributed by atoms with Gasteiger partial charge >= 0.3 is 0 Å². The number of hydrogen-bond donors (Lipinski definition) is 2. The van der Waals surface area contributed by atoms with Gasteiger partial charge in [-0.1, -0.05) is 0 Å². The standard InChI is InChI=1S/C19H23N5O3/c25-10-15(11-1-5-27-6-2-11)22-19(26)17-14-8-12-7-13(12)18(14)24(23-17)16-9-20-3-4-21-16/h3-4,9,11-13,15,25H,1-2,5-8,10H2,(H,22,26)/t12-,13-,15+/m1/s1. The highest BCUT2D eigenvalue weighted by Gasteiger charge is 2.50. The highest BCUT2D eigenvalue weighted by molar-refractivity contribution is 5.94. The quantitative estimate of drug-likeness (QED) is 0.810. The van der Waals surface area contributed by atoms with Crippen LogP contribution in [0.5, 0.6) is 0 Å².